The van der Waals surface area contributed by atoms with Crippen molar-refractivity contribution in [3.8, 4) is 46.0 Å². The highest BCUT2D eigenvalue weighted by atomic mass is 16.5. The zero-order valence-electron chi connectivity index (χ0n) is 66.1. The van der Waals surface area contributed by atoms with Crippen molar-refractivity contribution in [2.75, 3.05) is 52.9 Å². The van der Waals surface area contributed by atoms with Crippen molar-refractivity contribution in [3.05, 3.63) is 233 Å². The molecule has 560 valence electrons. The Labute approximate surface area is 656 Å². The SMILES string of the molecule is CCCCOc1c(OCCCC)c2ccc3cc2c2cc(ccc12)=C=C=C=C=c1ccc2c(OCCCC)c(OCCCC)c4ccc(cc4c2c1)=C=C=C=C=c1ccc2c(OCCCC)c(OCCCC)c4ccc(cc4c2c1)=C=C=C=C=c1ccc2c(OCCCC)c(OCCCC)c4ccc(cc4c2c1)=C=C=C=C=3. The van der Waals surface area contributed by atoms with Crippen molar-refractivity contribution in [2.45, 2.75) is 158 Å². The highest BCUT2D eigenvalue weighted by Gasteiger charge is 2.23. The van der Waals surface area contributed by atoms with Crippen LogP contribution in [0.4, 0.5) is 0 Å². The molecular weight excluding hydrogens is 1380 g/mol. The van der Waals surface area contributed by atoms with Crippen molar-refractivity contribution in [2.24, 2.45) is 0 Å². The van der Waals surface area contributed by atoms with Gasteiger partial charge in [0.15, 0.2) is 46.0 Å². The summed E-state index contributed by atoms with van der Waals surface area (Å²) >= 11 is 0. The minimum atomic E-state index is 0.554. The summed E-state index contributed by atoms with van der Waals surface area (Å²) in [5.41, 5.74) is 53.0. The van der Waals surface area contributed by atoms with E-state index in [0.29, 0.717) is 52.9 Å². The van der Waals surface area contributed by atoms with Crippen LogP contribution in [0.2, 0.25) is 0 Å². The van der Waals surface area contributed by atoms with E-state index < -0.39 is 0 Å². The van der Waals surface area contributed by atoms with Gasteiger partial charge in [0.25, 0.3) is 0 Å². The number of benzene rings is 12. The molecule has 0 aliphatic heterocycles. The molecule has 13 rings (SSSR count). The molecule has 0 aromatic heterocycles. The minimum absolute atomic E-state index is 0.554. The monoisotopic (exact) mass is 1470 g/mol. The highest BCUT2D eigenvalue weighted by Crippen LogP contribution is 2.47. The Balaban J connectivity index is 1.14. The van der Waals surface area contributed by atoms with Gasteiger partial charge in [-0.05, 0) is 286 Å². The second-order valence-corrected chi connectivity index (χ2v) is 28.3. The lowest BCUT2D eigenvalue weighted by atomic mass is 9.98. The molecule has 16 bridgehead atoms. The fourth-order valence-corrected chi connectivity index (χ4v) is 13.8. The van der Waals surface area contributed by atoms with Gasteiger partial charge in [0.05, 0.1) is 52.9 Å². The second kappa shape index (κ2) is 38.8. The number of hydrogen-bond donors (Lipinski definition) is 0. The predicted molar refractivity (Wildman–Crippen MR) is 461 cm³/mol. The van der Waals surface area contributed by atoms with Crippen LogP contribution in [0.3, 0.4) is 0 Å². The summed E-state index contributed by atoms with van der Waals surface area (Å²) in [6.07, 6.45) is 15.2. The molecule has 1 aliphatic rings. The van der Waals surface area contributed by atoms with Crippen molar-refractivity contribution in [3.63, 3.8) is 0 Å². The number of rotatable bonds is 32. The van der Waals surface area contributed by atoms with Crippen LogP contribution in [0.25, 0.3) is 132 Å². The molecule has 8 nitrogen and oxygen atoms in total. The molecule has 1 aliphatic carbocycles. The molecule has 0 saturated heterocycles. The Morgan fingerprint density at radius 1 is 0.161 bits per heavy atom. The first-order valence-corrected chi connectivity index (χ1v) is 40.5. The summed E-state index contributed by atoms with van der Waals surface area (Å²) in [7, 11) is 0. The van der Waals surface area contributed by atoms with Gasteiger partial charge in [-0.2, -0.15) is 0 Å². The third-order valence-electron chi connectivity index (χ3n) is 20.0. The molecule has 112 heavy (non-hydrogen) atoms. The maximum atomic E-state index is 6.72. The molecular formula is C104H96O8. The third-order valence-corrected chi connectivity index (χ3v) is 20.0. The number of ether oxygens (including phenoxy) is 8. The van der Waals surface area contributed by atoms with Crippen LogP contribution >= 0.6 is 0 Å². The molecule has 0 saturated carbocycles. The van der Waals surface area contributed by atoms with E-state index in [1.165, 1.54) is 0 Å². The molecule has 12 aromatic carbocycles. The van der Waals surface area contributed by atoms with Crippen LogP contribution < -0.4 is 79.6 Å². The zero-order valence-corrected chi connectivity index (χ0v) is 66.1. The molecule has 0 radical (unpaired) electrons. The zero-order chi connectivity index (χ0) is 77.4. The summed E-state index contributed by atoms with van der Waals surface area (Å²) < 4.78 is 53.8. The van der Waals surface area contributed by atoms with Crippen LogP contribution in [0, 0.1) is 0 Å². The first-order valence-electron chi connectivity index (χ1n) is 40.5. The van der Waals surface area contributed by atoms with Gasteiger partial charge >= 0.3 is 0 Å². The summed E-state index contributed by atoms with van der Waals surface area (Å²) in [6.45, 7) is 21.8. The summed E-state index contributed by atoms with van der Waals surface area (Å²) in [6, 6.07) is 50.1. The molecule has 12 aromatic rings. The van der Waals surface area contributed by atoms with Gasteiger partial charge in [-0.25, -0.2) is 0 Å². The van der Waals surface area contributed by atoms with E-state index in [1.54, 1.807) is 0 Å². The van der Waals surface area contributed by atoms with Gasteiger partial charge in [0.1, 0.15) is 0 Å². The normalized spacial score (nSPS) is 11.4. The first kappa shape index (κ1) is 77.7. The van der Waals surface area contributed by atoms with Gasteiger partial charge in [-0.3, -0.25) is 0 Å². The summed E-state index contributed by atoms with van der Waals surface area (Å²) in [5.74, 6) is 5.83. The van der Waals surface area contributed by atoms with Crippen LogP contribution in [0.1, 0.15) is 158 Å². The van der Waals surface area contributed by atoms with Crippen molar-refractivity contribution >= 4 is 132 Å². The maximum absolute atomic E-state index is 6.72. The smallest absolute Gasteiger partial charge is 0.169 e. The number of fused-ring (bicyclic) bond motifs is 8. The van der Waals surface area contributed by atoms with E-state index in [0.717, 1.165) is 277 Å². The van der Waals surface area contributed by atoms with Crippen molar-refractivity contribution < 1.29 is 37.9 Å². The number of hydrogen-bond acceptors (Lipinski definition) is 8. The fourth-order valence-electron chi connectivity index (χ4n) is 13.8. The van der Waals surface area contributed by atoms with Gasteiger partial charge in [0, 0.05) is 84.8 Å². The average molecular weight is 1470 g/mol. The van der Waals surface area contributed by atoms with Gasteiger partial charge in [-0.1, -0.05) is 153 Å². The molecule has 0 heterocycles. The Morgan fingerprint density at radius 3 is 0.384 bits per heavy atom. The third kappa shape index (κ3) is 18.2. The lowest BCUT2D eigenvalue weighted by molar-refractivity contribution is 0.267. The molecule has 0 fully saturated rings. The summed E-state index contributed by atoms with van der Waals surface area (Å²) in [5, 5.41) is 21.6. The van der Waals surface area contributed by atoms with Crippen molar-refractivity contribution in [1.82, 2.24) is 0 Å². The molecule has 0 spiro atoms. The minimum Gasteiger partial charge on any atom is -0.489 e. The quantitative estimate of drug-likeness (QED) is 0.0235. The standard InChI is InChI=1S/C104H96O8/c1-9-17-57-105-97-81-49-41-73-33-25-26-35-75-43-51-83-91(67-75)93-69-77(45-53-85(93)101(109-61-21-13-5)99(83)107-59-19-11-3)37-29-30-39-79-47-55-87-95(71-79)96-72-80(48-56-88(96)104(112-64-24-16-8)103(87)111-63-23-15-7)40-32-31-38-78-46-54-86-94(70-78)92-68-76(44-52-84(92)100(108-60-20-12-4)102(86)110-62-22-14-6)36-28-27-34-74-42-50-82(90(66-74)89(81)65-73)98(97)106-58-18-10-2/h41-56,65-72H,9-24,57-64H2,1-8H3. The Bertz CT molecular complexity index is 5520. The average Bonchev–Trinajstić information content (AvgIpc) is 0.768. The van der Waals surface area contributed by atoms with Gasteiger partial charge in [0.2, 0.25) is 0 Å². The Hall–Kier alpha value is -12.4. The largest absolute Gasteiger partial charge is 0.489 e. The van der Waals surface area contributed by atoms with Gasteiger partial charge in [-0.15, -0.1) is 0 Å². The van der Waals surface area contributed by atoms with Crippen molar-refractivity contribution in [1.29, 1.82) is 0 Å². The highest BCUT2D eigenvalue weighted by molar-refractivity contribution is 6.17. The molecule has 0 N–H and O–H groups in total. The second-order valence-electron chi connectivity index (χ2n) is 28.3. The Kier molecular flexibility index (Phi) is 26.9. The van der Waals surface area contributed by atoms with E-state index in [1.807, 2.05) is 48.5 Å². The molecule has 0 atom stereocenters. The van der Waals surface area contributed by atoms with Crippen LogP contribution in [0.15, 0.2) is 191 Å². The molecule has 8 heteroatoms. The van der Waals surface area contributed by atoms with Crippen LogP contribution in [-0.2, 0) is 0 Å². The van der Waals surface area contributed by atoms with E-state index >= 15 is 0 Å². The lowest BCUT2D eigenvalue weighted by Crippen LogP contribution is -2.06. The van der Waals surface area contributed by atoms with E-state index in [4.69, 9.17) is 37.9 Å². The van der Waals surface area contributed by atoms with Crippen LogP contribution in [-0.4, -0.2) is 52.9 Å². The van der Waals surface area contributed by atoms with Gasteiger partial charge < -0.3 is 37.9 Å². The van der Waals surface area contributed by atoms with E-state index in [9.17, 15) is 0 Å². The molecule has 0 unspecified atom stereocenters. The van der Waals surface area contributed by atoms with E-state index in [-0.39, 0.29) is 0 Å². The van der Waals surface area contributed by atoms with Crippen LogP contribution in [0.5, 0.6) is 46.0 Å². The maximum Gasteiger partial charge on any atom is 0.169 e. The molecule has 0 amide bonds. The topological polar surface area (TPSA) is 73.8 Å². The predicted octanol–water partition coefficient (Wildman–Crippen LogP) is 20.0. The fraction of sp³-hybridized carbons (Fsp3) is 0.308. The van der Waals surface area contributed by atoms with E-state index in [2.05, 4.69) is 244 Å². The summed E-state index contributed by atoms with van der Waals surface area (Å²) in [4.78, 5) is 0. The number of unbranched alkanes of at least 4 members (excludes halogenated alkanes) is 8. The Morgan fingerprint density at radius 2 is 0.277 bits per heavy atom. The first-order chi connectivity index (χ1) is 55.3. The lowest BCUT2D eigenvalue weighted by Gasteiger charge is -2.18.